The predicted molar refractivity (Wildman–Crippen MR) is 261 cm³/mol. The lowest BCUT2D eigenvalue weighted by Gasteiger charge is -2.23. The van der Waals surface area contributed by atoms with Gasteiger partial charge in [0.1, 0.15) is 12.2 Å². The summed E-state index contributed by atoms with van der Waals surface area (Å²) in [6.45, 7) is 13.4. The highest BCUT2D eigenvalue weighted by molar-refractivity contribution is 5.70. The summed E-state index contributed by atoms with van der Waals surface area (Å²) >= 11 is 0. The number of esters is 3. The second-order valence-corrected chi connectivity index (χ2v) is 19.5. The van der Waals surface area contributed by atoms with Crippen LogP contribution in [0.5, 0.6) is 0 Å². The molecule has 0 saturated carbocycles. The van der Waals surface area contributed by atoms with E-state index in [2.05, 4.69) is 30.6 Å². The smallest absolute Gasteiger partial charge is 0.307 e. The quantitative estimate of drug-likeness (QED) is 0.0336. The molecule has 0 spiro atoms. The van der Waals surface area contributed by atoms with Crippen molar-refractivity contribution in [1.82, 2.24) is 9.80 Å². The lowest BCUT2D eigenvalue weighted by molar-refractivity contribution is -0.150. The number of carbonyl (C=O) groups excluding carboxylic acids is 3. The van der Waals surface area contributed by atoms with Crippen molar-refractivity contribution in [3.63, 3.8) is 0 Å². The molecule has 2 rings (SSSR count). The van der Waals surface area contributed by atoms with Crippen molar-refractivity contribution in [2.24, 2.45) is 0 Å². The Labute approximate surface area is 389 Å². The Kier molecular flexibility index (Phi) is 38.0. The lowest BCUT2D eigenvalue weighted by atomic mass is 10.0. The Hall–Kier alpha value is -1.71. The van der Waals surface area contributed by atoms with Crippen molar-refractivity contribution in [2.45, 2.75) is 277 Å². The Bertz CT molecular complexity index is 1050. The average Bonchev–Trinajstić information content (AvgIpc) is 3.95. The molecule has 0 aliphatic carbocycles. The first-order valence-electron chi connectivity index (χ1n) is 27.5. The van der Waals surface area contributed by atoms with Gasteiger partial charge in [0.25, 0.3) is 0 Å². The molecule has 0 bridgehead atoms. The lowest BCUT2D eigenvalue weighted by Crippen LogP contribution is -2.34. The second-order valence-electron chi connectivity index (χ2n) is 19.5. The van der Waals surface area contributed by atoms with Gasteiger partial charge in [0.15, 0.2) is 0 Å². The molecular weight excluding hydrogens is 789 g/mol. The van der Waals surface area contributed by atoms with Crippen LogP contribution in [0.15, 0.2) is 0 Å². The highest BCUT2D eigenvalue weighted by Gasteiger charge is 2.34. The number of likely N-dealkylation sites (tertiary alicyclic amines) is 2. The highest BCUT2D eigenvalue weighted by atomic mass is 16.5. The first-order chi connectivity index (χ1) is 30.9. The fourth-order valence-corrected chi connectivity index (χ4v) is 9.44. The van der Waals surface area contributed by atoms with Crippen molar-refractivity contribution in [2.75, 3.05) is 52.5 Å². The third-order valence-corrected chi connectivity index (χ3v) is 13.5. The van der Waals surface area contributed by atoms with E-state index in [-0.39, 0.29) is 36.2 Å². The standard InChI is InChI=1S/C54H102N2O7/c1-4-7-10-13-16-17-18-24-34-45-61-52(57)37-29-25-30-42-56-47-51(63-54(59)39-43-55-40-31-32-41-55)46-49(56)48-60-44-33-23-19-22-28-38-53(58)62-50(35-26-20-14-11-8-5-2)36-27-21-15-12-9-6-3/h49-51H,4-48H2,1-3H3/t49?,51-/m0/s1. The summed E-state index contributed by atoms with van der Waals surface area (Å²) < 4.78 is 23.8. The Balaban J connectivity index is 1.63. The molecule has 0 N–H and O–H groups in total. The molecule has 0 radical (unpaired) electrons. The number of unbranched alkanes of at least 4 members (excludes halogenated alkanes) is 24. The van der Waals surface area contributed by atoms with E-state index in [1.54, 1.807) is 0 Å². The van der Waals surface area contributed by atoms with Gasteiger partial charge >= 0.3 is 17.9 Å². The van der Waals surface area contributed by atoms with E-state index < -0.39 is 0 Å². The molecule has 2 aliphatic heterocycles. The summed E-state index contributed by atoms with van der Waals surface area (Å²) in [7, 11) is 0. The largest absolute Gasteiger partial charge is 0.466 e. The fourth-order valence-electron chi connectivity index (χ4n) is 9.44. The Morgan fingerprint density at radius 1 is 0.508 bits per heavy atom. The van der Waals surface area contributed by atoms with Crippen LogP contribution in [0.4, 0.5) is 0 Å². The monoisotopic (exact) mass is 891 g/mol. The average molecular weight is 891 g/mol. The Morgan fingerprint density at radius 3 is 1.59 bits per heavy atom. The van der Waals surface area contributed by atoms with E-state index >= 15 is 0 Å². The molecule has 63 heavy (non-hydrogen) atoms. The summed E-state index contributed by atoms with van der Waals surface area (Å²) in [4.78, 5) is 42.8. The number of rotatable bonds is 45. The van der Waals surface area contributed by atoms with Crippen molar-refractivity contribution < 1.29 is 33.3 Å². The minimum Gasteiger partial charge on any atom is -0.466 e. The van der Waals surface area contributed by atoms with Gasteiger partial charge in [0, 0.05) is 45.0 Å². The van der Waals surface area contributed by atoms with Crippen LogP contribution in [-0.2, 0) is 33.3 Å². The summed E-state index contributed by atoms with van der Waals surface area (Å²) in [5.41, 5.74) is 0. The third kappa shape index (κ3) is 33.4. The van der Waals surface area contributed by atoms with Crippen LogP contribution >= 0.6 is 0 Å². The molecule has 0 aromatic heterocycles. The number of hydrogen-bond acceptors (Lipinski definition) is 9. The van der Waals surface area contributed by atoms with Gasteiger partial charge in [-0.2, -0.15) is 0 Å². The normalized spacial score (nSPS) is 17.0. The fraction of sp³-hybridized carbons (Fsp3) is 0.944. The number of carbonyl (C=O) groups is 3. The highest BCUT2D eigenvalue weighted by Crippen LogP contribution is 2.24. The van der Waals surface area contributed by atoms with Crippen LogP contribution < -0.4 is 0 Å². The zero-order chi connectivity index (χ0) is 45.3. The predicted octanol–water partition coefficient (Wildman–Crippen LogP) is 13.9. The van der Waals surface area contributed by atoms with Gasteiger partial charge in [0.2, 0.25) is 0 Å². The van der Waals surface area contributed by atoms with Gasteiger partial charge in [0.05, 0.1) is 19.6 Å². The molecule has 0 amide bonds. The van der Waals surface area contributed by atoms with Crippen molar-refractivity contribution in [3.8, 4) is 0 Å². The van der Waals surface area contributed by atoms with Gasteiger partial charge in [-0.05, 0) is 90.3 Å². The molecule has 2 atom stereocenters. The molecule has 2 heterocycles. The number of nitrogens with zero attached hydrogens (tertiary/aromatic N) is 2. The molecule has 9 heteroatoms. The van der Waals surface area contributed by atoms with Gasteiger partial charge in [-0.1, -0.05) is 162 Å². The van der Waals surface area contributed by atoms with Gasteiger partial charge in [-0.25, -0.2) is 0 Å². The van der Waals surface area contributed by atoms with E-state index in [1.807, 2.05) is 0 Å². The summed E-state index contributed by atoms with van der Waals surface area (Å²) in [6.07, 6.45) is 41.4. The van der Waals surface area contributed by atoms with Crippen LogP contribution in [0.2, 0.25) is 0 Å². The molecule has 0 aromatic carbocycles. The molecule has 0 aromatic rings. The molecule has 1 unspecified atom stereocenters. The zero-order valence-electron chi connectivity index (χ0n) is 41.8. The van der Waals surface area contributed by atoms with Crippen molar-refractivity contribution >= 4 is 17.9 Å². The van der Waals surface area contributed by atoms with Crippen LogP contribution in [0.3, 0.4) is 0 Å². The van der Waals surface area contributed by atoms with Crippen LogP contribution in [0, 0.1) is 0 Å². The minimum absolute atomic E-state index is 0.000848. The maximum Gasteiger partial charge on any atom is 0.307 e. The second kappa shape index (κ2) is 41.7. The van der Waals surface area contributed by atoms with E-state index in [1.165, 1.54) is 135 Å². The first kappa shape index (κ1) is 57.4. The molecular formula is C54H102N2O7. The molecule has 2 fully saturated rings. The third-order valence-electron chi connectivity index (χ3n) is 13.5. The summed E-state index contributed by atoms with van der Waals surface area (Å²) in [5, 5.41) is 0. The first-order valence-corrected chi connectivity index (χ1v) is 27.5. The molecule has 2 saturated heterocycles. The maximum atomic E-state index is 12.8. The van der Waals surface area contributed by atoms with Crippen LogP contribution in [0.25, 0.3) is 0 Å². The zero-order valence-corrected chi connectivity index (χ0v) is 41.8. The van der Waals surface area contributed by atoms with Crippen molar-refractivity contribution in [3.05, 3.63) is 0 Å². The van der Waals surface area contributed by atoms with E-state index in [0.717, 1.165) is 123 Å². The topological polar surface area (TPSA) is 94.6 Å². The van der Waals surface area contributed by atoms with E-state index in [9.17, 15) is 14.4 Å². The van der Waals surface area contributed by atoms with Gasteiger partial charge in [-0.3, -0.25) is 19.3 Å². The maximum absolute atomic E-state index is 12.8. The minimum atomic E-state index is -0.0891. The van der Waals surface area contributed by atoms with Gasteiger partial charge < -0.3 is 23.8 Å². The SMILES string of the molecule is CCCCCCCCCCCOC(=O)CCCCCN1C[C@@H](OC(=O)CCN2CCCC2)CC1COCCCCCCCC(=O)OC(CCCCCCCC)CCCCCCCC. The summed E-state index contributed by atoms with van der Waals surface area (Å²) in [5.74, 6) is -0.144. The molecule has 9 nitrogen and oxygen atoms in total. The number of hydrogen-bond donors (Lipinski definition) is 0. The molecule has 370 valence electrons. The molecule has 2 aliphatic rings. The summed E-state index contributed by atoms with van der Waals surface area (Å²) in [6, 6.07) is 0.236. The van der Waals surface area contributed by atoms with Gasteiger partial charge in [-0.15, -0.1) is 0 Å². The van der Waals surface area contributed by atoms with E-state index in [4.69, 9.17) is 18.9 Å². The number of ether oxygens (including phenoxy) is 4. The van der Waals surface area contributed by atoms with Crippen molar-refractivity contribution in [1.29, 1.82) is 0 Å². The van der Waals surface area contributed by atoms with Crippen LogP contribution in [0.1, 0.15) is 258 Å². The Morgan fingerprint density at radius 2 is 1.00 bits per heavy atom. The van der Waals surface area contributed by atoms with Crippen LogP contribution in [-0.4, -0.2) is 98.5 Å². The van der Waals surface area contributed by atoms with E-state index in [0.29, 0.717) is 32.5 Å².